The summed E-state index contributed by atoms with van der Waals surface area (Å²) >= 11 is 0. The monoisotopic (exact) mass is 890 g/mol. The van der Waals surface area contributed by atoms with E-state index in [1.807, 2.05) is 0 Å². The van der Waals surface area contributed by atoms with Gasteiger partial charge in [-0.25, -0.2) is 0 Å². The lowest BCUT2D eigenvalue weighted by atomic mass is 9.33. The number of benzene rings is 9. The van der Waals surface area contributed by atoms with Crippen LogP contribution >= 0.6 is 0 Å². The van der Waals surface area contributed by atoms with Crippen molar-refractivity contribution in [1.82, 2.24) is 4.57 Å². The third-order valence-electron chi connectivity index (χ3n) is 15.2. The largest absolute Gasteiger partial charge is 0.456 e. The van der Waals surface area contributed by atoms with Crippen molar-refractivity contribution in [3.05, 3.63) is 199 Å². The molecular formula is C63H51BN4O. The number of anilines is 9. The van der Waals surface area contributed by atoms with Crippen LogP contribution in [0.3, 0.4) is 0 Å². The number of hydrogen-bond acceptors (Lipinski definition) is 4. The van der Waals surface area contributed by atoms with E-state index < -0.39 is 0 Å². The smallest absolute Gasteiger partial charge is 0.252 e. The van der Waals surface area contributed by atoms with Gasteiger partial charge in [0.25, 0.3) is 6.71 Å². The number of fused-ring (bicyclic) bond motifs is 12. The molecule has 3 aliphatic rings. The normalized spacial score (nSPS) is 13.6. The summed E-state index contributed by atoms with van der Waals surface area (Å²) in [6, 6.07) is 68.3. The average molecular weight is 891 g/mol. The highest BCUT2D eigenvalue weighted by molar-refractivity contribution is 7.00. The Balaban J connectivity index is 1.07. The van der Waals surface area contributed by atoms with Crippen LogP contribution in [-0.2, 0) is 10.8 Å². The van der Waals surface area contributed by atoms with E-state index in [1.165, 1.54) is 83.3 Å². The molecule has 0 atom stereocenters. The van der Waals surface area contributed by atoms with Crippen LogP contribution in [0, 0.1) is 6.92 Å². The van der Waals surface area contributed by atoms with Crippen LogP contribution < -0.4 is 31.1 Å². The number of nitrogens with zero attached hydrogens (tertiary/aromatic N) is 4. The molecule has 11 aromatic rings. The summed E-state index contributed by atoms with van der Waals surface area (Å²) in [7, 11) is 0. The Bertz CT molecular complexity index is 3900. The van der Waals surface area contributed by atoms with Gasteiger partial charge in [0.15, 0.2) is 0 Å². The van der Waals surface area contributed by atoms with Crippen molar-refractivity contribution in [1.29, 1.82) is 0 Å². The standard InChI is InChI=1S/C63H51BN4O/c1-38-35-54-59-55(36-38)68-51-21-12-17-45-44-15-8-10-19-49(44)67(60(45)51)52-22-13-18-48(61(52)68)64(59)47-34-33-43(37-53(47)66(54)50-20-14-24-57-58(50)46-16-9-11-23-56(46)69-57)65(41-29-25-39(26-30-41)62(2,3)4)42-31-27-40(28-32-42)63(5,6)7/h8-37H,1-7H3. The number of rotatable bonds is 4. The summed E-state index contributed by atoms with van der Waals surface area (Å²) in [6.07, 6.45) is 0. The van der Waals surface area contributed by atoms with Gasteiger partial charge in [0.1, 0.15) is 11.2 Å². The van der Waals surface area contributed by atoms with E-state index in [-0.39, 0.29) is 17.5 Å². The molecule has 0 bridgehead atoms. The van der Waals surface area contributed by atoms with Gasteiger partial charge in [-0.05, 0) is 136 Å². The minimum Gasteiger partial charge on any atom is -0.456 e. The minimum atomic E-state index is -0.0458. The Hall–Kier alpha value is -7.96. The van der Waals surface area contributed by atoms with Crippen LogP contribution in [0.2, 0.25) is 0 Å². The molecule has 3 aliphatic heterocycles. The van der Waals surface area contributed by atoms with E-state index in [4.69, 9.17) is 4.42 Å². The van der Waals surface area contributed by atoms with E-state index in [0.717, 1.165) is 50.4 Å². The fraction of sp³-hybridized carbons (Fsp3) is 0.143. The predicted molar refractivity (Wildman–Crippen MR) is 292 cm³/mol. The molecule has 0 amide bonds. The molecular weight excluding hydrogens is 840 g/mol. The summed E-state index contributed by atoms with van der Waals surface area (Å²) in [5.41, 5.74) is 23.6. The molecule has 332 valence electrons. The van der Waals surface area contributed by atoms with Crippen LogP contribution in [0.5, 0.6) is 0 Å². The highest BCUT2D eigenvalue weighted by atomic mass is 16.3. The van der Waals surface area contributed by atoms with Crippen molar-refractivity contribution in [2.75, 3.05) is 14.7 Å². The maximum atomic E-state index is 6.65. The fourth-order valence-electron chi connectivity index (χ4n) is 12.0. The van der Waals surface area contributed by atoms with Crippen molar-refractivity contribution < 1.29 is 4.42 Å². The average Bonchev–Trinajstić information content (AvgIpc) is 3.90. The SMILES string of the molecule is Cc1cc2c3c(c1)N1c4c(cccc4-n4c5ccccc5c5cccc1c54)B3c1ccc(N(c3ccc(C(C)(C)C)cc3)c3ccc(C(C)(C)C)cc3)cc1N2c1cccc2oc3ccccc3c12. The summed E-state index contributed by atoms with van der Waals surface area (Å²) in [6.45, 7) is 15.9. The van der Waals surface area contributed by atoms with E-state index >= 15 is 0 Å². The summed E-state index contributed by atoms with van der Waals surface area (Å²) in [5.74, 6) is 0. The molecule has 9 aromatic carbocycles. The lowest BCUT2D eigenvalue weighted by Gasteiger charge is -2.46. The molecule has 6 heteroatoms. The lowest BCUT2D eigenvalue weighted by molar-refractivity contribution is 0.590. The molecule has 5 heterocycles. The van der Waals surface area contributed by atoms with Crippen LogP contribution in [0.15, 0.2) is 186 Å². The van der Waals surface area contributed by atoms with Gasteiger partial charge in [0.2, 0.25) is 0 Å². The fourth-order valence-corrected chi connectivity index (χ4v) is 12.0. The Morgan fingerprint density at radius 2 is 1.03 bits per heavy atom. The van der Waals surface area contributed by atoms with E-state index in [2.05, 4.69) is 250 Å². The van der Waals surface area contributed by atoms with Crippen molar-refractivity contribution in [3.8, 4) is 5.69 Å². The van der Waals surface area contributed by atoms with Crippen LogP contribution in [0.4, 0.5) is 51.2 Å². The lowest BCUT2D eigenvalue weighted by Crippen LogP contribution is -2.61. The Kier molecular flexibility index (Phi) is 8.18. The van der Waals surface area contributed by atoms with E-state index in [9.17, 15) is 0 Å². The molecule has 14 rings (SSSR count). The van der Waals surface area contributed by atoms with Gasteiger partial charge in [-0.2, -0.15) is 0 Å². The zero-order valence-corrected chi connectivity index (χ0v) is 40.1. The molecule has 69 heavy (non-hydrogen) atoms. The second-order valence-electron chi connectivity index (χ2n) is 21.5. The molecule has 0 spiro atoms. The zero-order chi connectivity index (χ0) is 46.7. The summed E-state index contributed by atoms with van der Waals surface area (Å²) in [5, 5.41) is 4.75. The van der Waals surface area contributed by atoms with Gasteiger partial charge in [0, 0.05) is 50.3 Å². The number of aryl methyl sites for hydroxylation is 1. The van der Waals surface area contributed by atoms with Gasteiger partial charge in [0.05, 0.1) is 39.2 Å². The first-order valence-electron chi connectivity index (χ1n) is 24.4. The quantitative estimate of drug-likeness (QED) is 0.165. The first-order chi connectivity index (χ1) is 33.4. The Labute approximate surface area is 403 Å². The van der Waals surface area contributed by atoms with Crippen molar-refractivity contribution in [2.45, 2.75) is 59.3 Å². The van der Waals surface area contributed by atoms with E-state index in [0.29, 0.717) is 0 Å². The molecule has 0 saturated heterocycles. The van der Waals surface area contributed by atoms with Gasteiger partial charge < -0.3 is 23.7 Å². The maximum Gasteiger partial charge on any atom is 0.252 e. The van der Waals surface area contributed by atoms with Gasteiger partial charge in [-0.1, -0.05) is 139 Å². The van der Waals surface area contributed by atoms with Crippen LogP contribution in [0.1, 0.15) is 58.2 Å². The maximum absolute atomic E-state index is 6.65. The van der Waals surface area contributed by atoms with Gasteiger partial charge in [-0.15, -0.1) is 0 Å². The first kappa shape index (κ1) is 40.1. The van der Waals surface area contributed by atoms with E-state index in [1.54, 1.807) is 0 Å². The highest BCUT2D eigenvalue weighted by Crippen LogP contribution is 2.54. The van der Waals surface area contributed by atoms with Gasteiger partial charge >= 0.3 is 0 Å². The molecule has 0 aliphatic carbocycles. The van der Waals surface area contributed by atoms with Crippen molar-refractivity contribution >= 4 is 118 Å². The second-order valence-corrected chi connectivity index (χ2v) is 21.5. The number of furan rings is 1. The number of hydrogen-bond donors (Lipinski definition) is 0. The van der Waals surface area contributed by atoms with Crippen LogP contribution in [0.25, 0.3) is 49.4 Å². The van der Waals surface area contributed by atoms with Crippen molar-refractivity contribution in [3.63, 3.8) is 0 Å². The third-order valence-corrected chi connectivity index (χ3v) is 15.2. The summed E-state index contributed by atoms with van der Waals surface area (Å²) in [4.78, 5) is 7.59. The first-order valence-corrected chi connectivity index (χ1v) is 24.4. The molecule has 2 aromatic heterocycles. The highest BCUT2D eigenvalue weighted by Gasteiger charge is 2.46. The molecule has 0 unspecified atom stereocenters. The zero-order valence-electron chi connectivity index (χ0n) is 40.1. The van der Waals surface area contributed by atoms with Crippen LogP contribution in [-0.4, -0.2) is 11.3 Å². The molecule has 0 saturated carbocycles. The molecule has 0 N–H and O–H groups in total. The Morgan fingerprint density at radius 3 is 1.75 bits per heavy atom. The summed E-state index contributed by atoms with van der Waals surface area (Å²) < 4.78 is 9.17. The van der Waals surface area contributed by atoms with Crippen molar-refractivity contribution in [2.24, 2.45) is 0 Å². The molecule has 0 radical (unpaired) electrons. The number of para-hydroxylation sites is 4. The predicted octanol–water partition coefficient (Wildman–Crippen LogP) is 15.5. The number of aromatic nitrogens is 1. The topological polar surface area (TPSA) is 27.8 Å². The molecule has 5 nitrogen and oxygen atoms in total. The second kappa shape index (κ2) is 14.1. The third kappa shape index (κ3) is 5.66. The molecule has 0 fully saturated rings. The Morgan fingerprint density at radius 1 is 0.449 bits per heavy atom. The minimum absolute atomic E-state index is 0.0292. The van der Waals surface area contributed by atoms with Gasteiger partial charge in [-0.3, -0.25) is 0 Å².